The van der Waals surface area contributed by atoms with Gasteiger partial charge in [0.05, 0.1) is 0 Å². The Morgan fingerprint density at radius 3 is 1.07 bits per heavy atom. The summed E-state index contributed by atoms with van der Waals surface area (Å²) in [5.74, 6) is 2.85. The lowest BCUT2D eigenvalue weighted by Crippen LogP contribution is -2.48. The summed E-state index contributed by atoms with van der Waals surface area (Å²) < 4.78 is 0. The number of rotatable bonds is 8. The summed E-state index contributed by atoms with van der Waals surface area (Å²) in [5.41, 5.74) is 15.3. The van der Waals surface area contributed by atoms with E-state index in [1.165, 1.54) is 93.8 Å². The molecule has 0 spiro atoms. The van der Waals surface area contributed by atoms with E-state index < -0.39 is 0 Å². The minimum absolute atomic E-state index is 0.408. The van der Waals surface area contributed by atoms with Gasteiger partial charge in [-0.3, -0.25) is 0 Å². The van der Waals surface area contributed by atoms with Crippen molar-refractivity contribution < 1.29 is 0 Å². The van der Waals surface area contributed by atoms with Gasteiger partial charge in [-0.05, 0) is 171 Å². The number of benzene rings is 8. The summed E-state index contributed by atoms with van der Waals surface area (Å²) in [4.78, 5) is 2.37. The minimum Gasteiger partial charge on any atom is -0.311 e. The van der Waals surface area contributed by atoms with Crippen LogP contribution in [0.25, 0.3) is 55.3 Å². The second kappa shape index (κ2) is 14.1. The summed E-state index contributed by atoms with van der Waals surface area (Å²) in [6, 6.07) is 71.8. The molecule has 0 N–H and O–H groups in total. The molecule has 0 saturated heterocycles. The molecule has 4 bridgehead atoms. The van der Waals surface area contributed by atoms with Gasteiger partial charge in [-0.2, -0.15) is 0 Å². The Labute approximate surface area is 337 Å². The maximum atomic E-state index is 2.49. The average molecular weight is 734 g/mol. The molecule has 8 aromatic carbocycles. The molecule has 12 rings (SSSR count). The molecular weight excluding hydrogens is 687 g/mol. The van der Waals surface area contributed by atoms with Crippen molar-refractivity contribution in [3.8, 4) is 44.5 Å². The third-order valence-electron chi connectivity index (χ3n) is 13.6. The molecule has 0 aliphatic heterocycles. The summed E-state index contributed by atoms with van der Waals surface area (Å²) in [7, 11) is 0. The Bertz CT molecular complexity index is 2540. The molecule has 276 valence electrons. The minimum atomic E-state index is 0.408. The third kappa shape index (κ3) is 6.36. The van der Waals surface area contributed by atoms with E-state index in [2.05, 4.69) is 199 Å². The van der Waals surface area contributed by atoms with Gasteiger partial charge in [-0.1, -0.05) is 146 Å². The van der Waals surface area contributed by atoms with Crippen LogP contribution in [0.15, 0.2) is 194 Å². The summed E-state index contributed by atoms with van der Waals surface area (Å²) in [6.45, 7) is 0. The highest BCUT2D eigenvalue weighted by Crippen LogP contribution is 2.61. The molecule has 8 aromatic rings. The van der Waals surface area contributed by atoms with Gasteiger partial charge in [0.15, 0.2) is 0 Å². The first-order valence-corrected chi connectivity index (χ1v) is 21.0. The Morgan fingerprint density at radius 1 is 0.333 bits per heavy atom. The Kier molecular flexibility index (Phi) is 8.43. The van der Waals surface area contributed by atoms with Crippen molar-refractivity contribution in [1.29, 1.82) is 0 Å². The van der Waals surface area contributed by atoms with Gasteiger partial charge in [0.1, 0.15) is 0 Å². The monoisotopic (exact) mass is 733 g/mol. The largest absolute Gasteiger partial charge is 0.311 e. The van der Waals surface area contributed by atoms with Gasteiger partial charge in [-0.25, -0.2) is 0 Å². The maximum absolute atomic E-state index is 2.49. The van der Waals surface area contributed by atoms with E-state index in [-0.39, 0.29) is 0 Å². The first-order chi connectivity index (χ1) is 28.1. The van der Waals surface area contributed by atoms with Crippen molar-refractivity contribution in [2.45, 2.75) is 43.9 Å². The summed E-state index contributed by atoms with van der Waals surface area (Å²) >= 11 is 0. The molecule has 4 fully saturated rings. The highest BCUT2D eigenvalue weighted by molar-refractivity contribution is 5.97. The lowest BCUT2D eigenvalue weighted by atomic mass is 9.48. The fourth-order valence-corrected chi connectivity index (χ4v) is 11.3. The number of hydrogen-bond acceptors (Lipinski definition) is 1. The van der Waals surface area contributed by atoms with Gasteiger partial charge in [0.2, 0.25) is 0 Å². The molecule has 57 heavy (non-hydrogen) atoms. The van der Waals surface area contributed by atoms with Crippen LogP contribution >= 0.6 is 0 Å². The molecule has 0 amide bonds. The molecule has 0 atom stereocenters. The van der Waals surface area contributed by atoms with Crippen LogP contribution in [0, 0.1) is 17.8 Å². The van der Waals surface area contributed by atoms with Crippen molar-refractivity contribution in [1.82, 2.24) is 0 Å². The SMILES string of the molecule is c1ccc(-c2ccc(N(c3ccc(-c4ccccc4)cc3)c3ccc(-c4cc5ccccc5cc4-c4ccc(C56CC7CC(CC(C7)C5)C6)cc4)cc3)cc2)cc1. The first-order valence-electron chi connectivity index (χ1n) is 21.0. The van der Waals surface area contributed by atoms with E-state index in [0.29, 0.717) is 5.41 Å². The molecule has 0 unspecified atom stereocenters. The topological polar surface area (TPSA) is 3.24 Å². The van der Waals surface area contributed by atoms with Crippen molar-refractivity contribution in [3.63, 3.8) is 0 Å². The maximum Gasteiger partial charge on any atom is 0.0462 e. The van der Waals surface area contributed by atoms with Crippen LogP contribution in [0.2, 0.25) is 0 Å². The lowest BCUT2D eigenvalue weighted by molar-refractivity contribution is -0.00518. The fourth-order valence-electron chi connectivity index (χ4n) is 11.3. The van der Waals surface area contributed by atoms with E-state index in [0.717, 1.165) is 34.8 Å². The van der Waals surface area contributed by atoms with Crippen LogP contribution in [0.5, 0.6) is 0 Å². The molecule has 0 aromatic heterocycles. The van der Waals surface area contributed by atoms with E-state index in [4.69, 9.17) is 0 Å². The van der Waals surface area contributed by atoms with Gasteiger partial charge in [0, 0.05) is 17.1 Å². The number of anilines is 3. The standard InChI is InChI=1S/C56H47N/c1-3-9-42(10-4-1)44-17-25-51(26-18-44)57(52-27-19-45(20-28-52)43-11-5-2-6-12-43)53-29-21-47(22-30-53)55-35-49-14-8-7-13-48(49)34-54(55)46-15-23-50(24-16-46)56-36-39-31-40(37-56)33-41(32-39)38-56/h1-30,34-35,39-41H,31-33,36-38H2. The predicted molar refractivity (Wildman–Crippen MR) is 240 cm³/mol. The Hall–Kier alpha value is -6.18. The van der Waals surface area contributed by atoms with Crippen LogP contribution in [-0.2, 0) is 5.41 Å². The van der Waals surface area contributed by atoms with Crippen LogP contribution in [0.1, 0.15) is 44.1 Å². The van der Waals surface area contributed by atoms with E-state index in [1.54, 1.807) is 5.56 Å². The van der Waals surface area contributed by atoms with E-state index >= 15 is 0 Å². The normalized spacial score (nSPS) is 20.8. The van der Waals surface area contributed by atoms with Gasteiger partial charge in [-0.15, -0.1) is 0 Å². The lowest BCUT2D eigenvalue weighted by Gasteiger charge is -2.57. The summed E-state index contributed by atoms with van der Waals surface area (Å²) in [6.07, 6.45) is 8.64. The molecular formula is C56H47N. The van der Waals surface area contributed by atoms with Gasteiger partial charge >= 0.3 is 0 Å². The number of fused-ring (bicyclic) bond motifs is 1. The molecule has 0 heterocycles. The molecule has 4 saturated carbocycles. The van der Waals surface area contributed by atoms with Gasteiger partial charge < -0.3 is 4.90 Å². The predicted octanol–water partition coefficient (Wildman–Crippen LogP) is 15.4. The van der Waals surface area contributed by atoms with Crippen LogP contribution in [0.4, 0.5) is 17.1 Å². The van der Waals surface area contributed by atoms with Crippen molar-refractivity contribution in [3.05, 3.63) is 200 Å². The second-order valence-electron chi connectivity index (χ2n) is 17.2. The summed E-state index contributed by atoms with van der Waals surface area (Å²) in [5, 5.41) is 2.55. The molecule has 4 aliphatic carbocycles. The molecule has 1 nitrogen and oxygen atoms in total. The van der Waals surface area contributed by atoms with Gasteiger partial charge in [0.25, 0.3) is 0 Å². The molecule has 4 aliphatic rings. The molecule has 1 heteroatoms. The quantitative estimate of drug-likeness (QED) is 0.150. The molecule has 0 radical (unpaired) electrons. The fraction of sp³-hybridized carbons (Fsp3) is 0.179. The first kappa shape index (κ1) is 34.1. The highest BCUT2D eigenvalue weighted by atomic mass is 15.1. The average Bonchev–Trinajstić information content (AvgIpc) is 3.27. The van der Waals surface area contributed by atoms with Crippen molar-refractivity contribution in [2.75, 3.05) is 4.90 Å². The van der Waals surface area contributed by atoms with E-state index in [9.17, 15) is 0 Å². The zero-order valence-electron chi connectivity index (χ0n) is 32.4. The smallest absolute Gasteiger partial charge is 0.0462 e. The second-order valence-corrected chi connectivity index (χ2v) is 17.2. The Balaban J connectivity index is 0.962. The Morgan fingerprint density at radius 2 is 0.667 bits per heavy atom. The third-order valence-corrected chi connectivity index (χ3v) is 13.6. The van der Waals surface area contributed by atoms with E-state index in [1.807, 2.05) is 0 Å². The number of hydrogen-bond donors (Lipinski definition) is 0. The zero-order valence-corrected chi connectivity index (χ0v) is 32.4. The van der Waals surface area contributed by atoms with Crippen LogP contribution < -0.4 is 4.90 Å². The highest BCUT2D eigenvalue weighted by Gasteiger charge is 2.51. The van der Waals surface area contributed by atoms with Crippen molar-refractivity contribution in [2.24, 2.45) is 17.8 Å². The number of nitrogens with zero attached hydrogens (tertiary/aromatic N) is 1. The van der Waals surface area contributed by atoms with Crippen LogP contribution in [0.3, 0.4) is 0 Å². The zero-order chi connectivity index (χ0) is 37.8. The van der Waals surface area contributed by atoms with Crippen LogP contribution in [-0.4, -0.2) is 0 Å². The van der Waals surface area contributed by atoms with Crippen molar-refractivity contribution >= 4 is 27.8 Å².